The summed E-state index contributed by atoms with van der Waals surface area (Å²) in [7, 11) is -1.96. The van der Waals surface area contributed by atoms with E-state index in [9.17, 15) is 27.5 Å². The molecule has 9 nitrogen and oxygen atoms in total. The maximum Gasteiger partial charge on any atom is 0.336 e. The van der Waals surface area contributed by atoms with E-state index in [-0.39, 0.29) is 40.5 Å². The minimum atomic E-state index is -3.42. The molecule has 37 heavy (non-hydrogen) atoms. The zero-order valence-electron chi connectivity index (χ0n) is 19.9. The lowest BCUT2D eigenvalue weighted by atomic mass is 10.0. The fraction of sp³-hybridized carbons (Fsp3) is 0.154. The van der Waals surface area contributed by atoms with Gasteiger partial charge in [0.2, 0.25) is 0 Å². The Bertz CT molecular complexity index is 1600. The van der Waals surface area contributed by atoms with Crippen LogP contribution in [0.15, 0.2) is 65.1 Å². The zero-order valence-corrected chi connectivity index (χ0v) is 20.7. The minimum absolute atomic E-state index is 0.0576. The number of carbonyl (C=O) groups is 2. The Morgan fingerprint density at radius 1 is 1.08 bits per heavy atom. The van der Waals surface area contributed by atoms with E-state index in [2.05, 4.69) is 10.6 Å². The summed E-state index contributed by atoms with van der Waals surface area (Å²) in [6.45, 7) is -0.139. The Hall–Kier alpha value is -4.38. The second kappa shape index (κ2) is 10.3. The Labute approximate surface area is 211 Å². The van der Waals surface area contributed by atoms with E-state index in [1.165, 1.54) is 49.5 Å². The monoisotopic (exact) mass is 526 g/mol. The van der Waals surface area contributed by atoms with E-state index in [4.69, 9.17) is 9.15 Å². The molecule has 0 unspecified atom stereocenters. The summed E-state index contributed by atoms with van der Waals surface area (Å²) < 4.78 is 49.0. The van der Waals surface area contributed by atoms with E-state index in [1.807, 2.05) is 0 Å². The maximum atomic E-state index is 13.5. The van der Waals surface area contributed by atoms with Crippen molar-refractivity contribution >= 4 is 38.4 Å². The van der Waals surface area contributed by atoms with Crippen molar-refractivity contribution in [1.29, 1.82) is 0 Å². The first-order valence-corrected chi connectivity index (χ1v) is 13.1. The number of halogens is 1. The molecule has 0 aliphatic heterocycles. The van der Waals surface area contributed by atoms with E-state index >= 15 is 0 Å². The van der Waals surface area contributed by atoms with Crippen LogP contribution in [0.5, 0.6) is 5.75 Å². The van der Waals surface area contributed by atoms with Crippen LogP contribution < -0.4 is 15.4 Å². The molecule has 192 valence electrons. The van der Waals surface area contributed by atoms with Crippen LogP contribution in [0.1, 0.15) is 26.3 Å². The fourth-order valence-corrected chi connectivity index (χ4v) is 4.17. The molecular weight excluding hydrogens is 503 g/mol. The molecule has 11 heteroatoms. The standard InChI is InChI=1S/C26H23FN2O7S/c1-28-25(30)23-19-11-22(35-13-16-5-3-4-6-18(16)26(31)32)20(29-14-37(2,33)34)12-21(19)36-24(23)15-7-9-17(27)10-8-15/h3-12,29H,13-14H2,1-2H3,(H,28,30)(H,31,32). The SMILES string of the molecule is CNC(=O)c1c(-c2ccc(F)cc2)oc2cc(NCS(C)(=O)=O)c(OCc3ccccc3C(=O)O)cc12. The molecule has 0 atom stereocenters. The van der Waals surface area contributed by atoms with Crippen molar-refractivity contribution in [3.8, 4) is 17.1 Å². The summed E-state index contributed by atoms with van der Waals surface area (Å²) >= 11 is 0. The second-order valence-corrected chi connectivity index (χ2v) is 10.4. The smallest absolute Gasteiger partial charge is 0.336 e. The number of nitrogens with one attached hydrogen (secondary N) is 2. The lowest BCUT2D eigenvalue weighted by Gasteiger charge is -2.14. The number of hydrogen-bond acceptors (Lipinski definition) is 7. The summed E-state index contributed by atoms with van der Waals surface area (Å²) in [5.41, 5.74) is 1.60. The topological polar surface area (TPSA) is 135 Å². The number of fused-ring (bicyclic) bond motifs is 1. The number of carboxylic acid groups (broad SMARTS) is 1. The number of furan rings is 1. The number of benzene rings is 3. The third kappa shape index (κ3) is 5.72. The van der Waals surface area contributed by atoms with Gasteiger partial charge >= 0.3 is 5.97 Å². The molecule has 0 fully saturated rings. The molecule has 3 N–H and O–H groups in total. The fourth-order valence-electron chi connectivity index (χ4n) is 3.75. The average Bonchev–Trinajstić information content (AvgIpc) is 3.23. The van der Waals surface area contributed by atoms with E-state index in [0.717, 1.165) is 6.26 Å². The van der Waals surface area contributed by atoms with E-state index in [0.29, 0.717) is 16.5 Å². The van der Waals surface area contributed by atoms with Gasteiger partial charge in [0.1, 0.15) is 35.4 Å². The van der Waals surface area contributed by atoms with Gasteiger partial charge in [-0.25, -0.2) is 17.6 Å². The highest BCUT2D eigenvalue weighted by Crippen LogP contribution is 2.39. The van der Waals surface area contributed by atoms with Gasteiger partial charge in [-0.15, -0.1) is 0 Å². The first kappa shape index (κ1) is 25.7. The van der Waals surface area contributed by atoms with Gasteiger partial charge in [-0.05, 0) is 36.4 Å². The van der Waals surface area contributed by atoms with Crippen molar-refractivity contribution in [1.82, 2.24) is 5.32 Å². The minimum Gasteiger partial charge on any atom is -0.487 e. The first-order chi connectivity index (χ1) is 17.6. The highest BCUT2D eigenvalue weighted by Gasteiger charge is 2.24. The summed E-state index contributed by atoms with van der Waals surface area (Å²) in [4.78, 5) is 24.4. The number of amides is 1. The van der Waals surface area contributed by atoms with Crippen LogP contribution in [0, 0.1) is 5.82 Å². The number of carbonyl (C=O) groups excluding carboxylic acids is 1. The van der Waals surface area contributed by atoms with Gasteiger partial charge in [-0.3, -0.25) is 4.79 Å². The molecule has 0 spiro atoms. The number of anilines is 1. The van der Waals surface area contributed by atoms with Crippen LogP contribution in [-0.2, 0) is 16.4 Å². The number of aromatic carboxylic acids is 1. The summed E-state index contributed by atoms with van der Waals surface area (Å²) in [6.07, 6.45) is 1.06. The molecule has 0 radical (unpaired) electrons. The van der Waals surface area contributed by atoms with Crippen LogP contribution in [0.3, 0.4) is 0 Å². The van der Waals surface area contributed by atoms with E-state index in [1.54, 1.807) is 18.2 Å². The van der Waals surface area contributed by atoms with Gasteiger partial charge in [0.05, 0.1) is 16.8 Å². The summed E-state index contributed by atoms with van der Waals surface area (Å²) in [6, 6.07) is 14.8. The van der Waals surface area contributed by atoms with Crippen molar-refractivity contribution in [2.24, 2.45) is 0 Å². The highest BCUT2D eigenvalue weighted by atomic mass is 32.2. The van der Waals surface area contributed by atoms with Gasteiger partial charge in [0.25, 0.3) is 5.91 Å². The second-order valence-electron chi connectivity index (χ2n) is 8.23. The molecule has 1 aromatic heterocycles. The van der Waals surface area contributed by atoms with Crippen molar-refractivity contribution in [2.45, 2.75) is 6.61 Å². The van der Waals surface area contributed by atoms with Crippen molar-refractivity contribution < 1.29 is 36.7 Å². The largest absolute Gasteiger partial charge is 0.487 e. The Balaban J connectivity index is 1.85. The van der Waals surface area contributed by atoms with Crippen molar-refractivity contribution in [3.63, 3.8) is 0 Å². The number of rotatable bonds is 9. The van der Waals surface area contributed by atoms with Crippen LogP contribution in [0.2, 0.25) is 0 Å². The molecular formula is C26H23FN2O7S. The van der Waals surface area contributed by atoms with Crippen LogP contribution in [0.4, 0.5) is 10.1 Å². The molecule has 0 aliphatic carbocycles. The molecule has 4 rings (SSSR count). The Morgan fingerprint density at radius 3 is 2.43 bits per heavy atom. The number of sulfone groups is 1. The maximum absolute atomic E-state index is 13.5. The lowest BCUT2D eigenvalue weighted by molar-refractivity contribution is 0.0693. The predicted octanol–water partition coefficient (Wildman–Crippen LogP) is 4.29. The van der Waals surface area contributed by atoms with Gasteiger partial charge in [-0.2, -0.15) is 0 Å². The van der Waals surface area contributed by atoms with Gasteiger partial charge in [-0.1, -0.05) is 18.2 Å². The summed E-state index contributed by atoms with van der Waals surface area (Å²) in [5, 5.41) is 15.2. The number of carboxylic acids is 1. The number of ether oxygens (including phenoxy) is 1. The summed E-state index contributed by atoms with van der Waals surface area (Å²) in [5.74, 6) is -2.08. The third-order valence-corrected chi connectivity index (χ3v) is 6.18. The quantitative estimate of drug-likeness (QED) is 0.294. The van der Waals surface area contributed by atoms with Gasteiger partial charge in [0, 0.05) is 35.9 Å². The molecule has 0 aliphatic rings. The predicted molar refractivity (Wildman–Crippen MR) is 136 cm³/mol. The molecule has 0 saturated heterocycles. The zero-order chi connectivity index (χ0) is 26.7. The normalized spacial score (nSPS) is 11.3. The van der Waals surface area contributed by atoms with Crippen molar-refractivity contribution in [3.05, 3.63) is 83.2 Å². The van der Waals surface area contributed by atoms with Crippen LogP contribution in [0.25, 0.3) is 22.3 Å². The molecule has 4 aromatic rings. The molecule has 1 heterocycles. The first-order valence-electron chi connectivity index (χ1n) is 11.0. The van der Waals surface area contributed by atoms with Crippen LogP contribution in [-0.4, -0.2) is 44.6 Å². The van der Waals surface area contributed by atoms with Crippen LogP contribution >= 0.6 is 0 Å². The highest BCUT2D eigenvalue weighted by molar-refractivity contribution is 7.90. The third-order valence-electron chi connectivity index (χ3n) is 5.51. The average molecular weight is 527 g/mol. The Morgan fingerprint density at radius 2 is 1.78 bits per heavy atom. The molecule has 0 bridgehead atoms. The molecule has 1 amide bonds. The Kier molecular flexibility index (Phi) is 7.16. The van der Waals surface area contributed by atoms with Gasteiger partial charge in [0.15, 0.2) is 9.84 Å². The number of hydrogen-bond donors (Lipinski definition) is 3. The lowest BCUT2D eigenvalue weighted by Crippen LogP contribution is -2.18. The van der Waals surface area contributed by atoms with Gasteiger partial charge < -0.3 is 24.9 Å². The van der Waals surface area contributed by atoms with E-state index < -0.39 is 33.4 Å². The molecule has 3 aromatic carbocycles. The van der Waals surface area contributed by atoms with Crippen molar-refractivity contribution in [2.75, 3.05) is 24.5 Å². The molecule has 0 saturated carbocycles.